The van der Waals surface area contributed by atoms with E-state index in [1.807, 2.05) is 71.2 Å². The Morgan fingerprint density at radius 3 is 2.30 bits per heavy atom. The van der Waals surface area contributed by atoms with Crippen LogP contribution < -0.4 is 14.6 Å². The summed E-state index contributed by atoms with van der Waals surface area (Å²) in [7, 11) is 0. The Morgan fingerprint density at radius 1 is 0.811 bits per heavy atom. The number of amidine groups is 1. The molecule has 0 amide bonds. The maximum Gasteiger partial charge on any atom is 0.129 e. The minimum absolute atomic E-state index is 0.322. The van der Waals surface area contributed by atoms with Gasteiger partial charge in [-0.2, -0.15) is 10.2 Å². The second kappa shape index (κ2) is 9.82. The smallest absolute Gasteiger partial charge is 0.129 e. The van der Waals surface area contributed by atoms with E-state index in [4.69, 9.17) is 14.9 Å². The molecule has 0 fully saturated rings. The van der Waals surface area contributed by atoms with E-state index in [1.165, 1.54) is 5.56 Å². The minimum Gasteiger partial charge on any atom is -0.457 e. The topological polar surface area (TPSA) is 45.9 Å². The number of aryl methyl sites for hydroxylation is 1. The van der Waals surface area contributed by atoms with E-state index in [0.717, 1.165) is 46.5 Å². The van der Waals surface area contributed by atoms with Crippen molar-refractivity contribution in [2.45, 2.75) is 26.2 Å². The molecule has 2 aliphatic rings. The van der Waals surface area contributed by atoms with Gasteiger partial charge < -0.3 is 9.64 Å². The molecule has 4 aromatic rings. The second-order valence-electron chi connectivity index (χ2n) is 9.35. The lowest BCUT2D eigenvalue weighted by molar-refractivity contribution is 0.482. The van der Waals surface area contributed by atoms with Crippen LogP contribution in [0.1, 0.15) is 30.5 Å². The van der Waals surface area contributed by atoms with Gasteiger partial charge in [0.25, 0.3) is 0 Å². The molecule has 0 spiro atoms. The molecule has 0 saturated heterocycles. The summed E-state index contributed by atoms with van der Waals surface area (Å²) < 4.78 is 8.23. The van der Waals surface area contributed by atoms with Crippen LogP contribution in [0.15, 0.2) is 114 Å². The highest BCUT2D eigenvalue weighted by molar-refractivity contribution is 5.98. The Labute approximate surface area is 217 Å². The number of aromatic nitrogens is 2. The first-order valence-corrected chi connectivity index (χ1v) is 12.6. The summed E-state index contributed by atoms with van der Waals surface area (Å²) in [5.41, 5.74) is 5.38. The van der Waals surface area contributed by atoms with Crippen molar-refractivity contribution in [1.29, 1.82) is 0 Å². The van der Waals surface area contributed by atoms with E-state index in [9.17, 15) is 0 Å². The van der Waals surface area contributed by atoms with E-state index in [1.54, 1.807) is 0 Å². The van der Waals surface area contributed by atoms with Gasteiger partial charge in [-0.1, -0.05) is 54.6 Å². The monoisotopic (exact) mass is 487 g/mol. The van der Waals surface area contributed by atoms with Crippen LogP contribution in [-0.2, 0) is 0 Å². The van der Waals surface area contributed by atoms with Gasteiger partial charge in [-0.3, -0.25) is 0 Å². The molecule has 0 radical (unpaired) electrons. The van der Waals surface area contributed by atoms with E-state index >= 15 is 0 Å². The van der Waals surface area contributed by atoms with Crippen LogP contribution in [0, 0.1) is 6.92 Å². The van der Waals surface area contributed by atoms with Gasteiger partial charge in [-0.15, -0.1) is 0 Å². The molecule has 0 saturated carbocycles. The fourth-order valence-electron chi connectivity index (χ4n) is 4.80. The van der Waals surface area contributed by atoms with Crippen molar-refractivity contribution >= 4 is 17.2 Å². The Morgan fingerprint density at radius 2 is 1.54 bits per heavy atom. The highest BCUT2D eigenvalue weighted by Crippen LogP contribution is 2.31. The zero-order valence-electron chi connectivity index (χ0n) is 21.0. The third kappa shape index (κ3) is 4.78. The molecule has 184 valence electrons. The molecule has 0 unspecified atom stereocenters. The molecule has 0 bridgehead atoms. The van der Waals surface area contributed by atoms with Gasteiger partial charge in [-0.25, -0.2) is 9.69 Å². The Hall–Kier alpha value is -4.58. The summed E-state index contributed by atoms with van der Waals surface area (Å²) in [6.45, 7) is 4.81. The first-order valence-electron chi connectivity index (χ1n) is 12.6. The average molecular weight is 488 g/mol. The number of hydrogen-bond donors (Lipinski definition) is 0. The molecule has 6 nitrogen and oxygen atoms in total. The van der Waals surface area contributed by atoms with E-state index < -0.39 is 0 Å². The number of nitrogens with zero attached hydrogens (tertiary/aromatic N) is 5. The first kappa shape index (κ1) is 22.9. The zero-order chi connectivity index (χ0) is 25.2. The number of ether oxygens (including phenoxy) is 1. The van der Waals surface area contributed by atoms with Gasteiger partial charge >= 0.3 is 0 Å². The summed E-state index contributed by atoms with van der Waals surface area (Å²) in [5, 5.41) is 11.7. The van der Waals surface area contributed by atoms with Gasteiger partial charge in [0, 0.05) is 29.9 Å². The van der Waals surface area contributed by atoms with Gasteiger partial charge in [-0.05, 0) is 62.2 Å². The molecule has 6 rings (SSSR count). The third-order valence-electron chi connectivity index (χ3n) is 6.70. The molecule has 1 aromatic heterocycles. The lowest BCUT2D eigenvalue weighted by Gasteiger charge is -2.20. The van der Waals surface area contributed by atoms with Crippen LogP contribution in [0.5, 0.6) is 11.5 Å². The SMILES string of the molecule is CC1=NN(c2cccc(Oc3cccc(-n4cc(C)c([C@@H]5C=CC=CC5)n4)c3)c2)CN1c1ccccc1. The van der Waals surface area contributed by atoms with Crippen molar-refractivity contribution < 1.29 is 4.74 Å². The maximum atomic E-state index is 6.28. The fraction of sp³-hybridized carbons (Fsp3) is 0.161. The summed E-state index contributed by atoms with van der Waals surface area (Å²) in [4.78, 5) is 2.19. The number of hydrogen-bond acceptors (Lipinski definition) is 5. The van der Waals surface area contributed by atoms with Crippen molar-refractivity contribution in [2.75, 3.05) is 16.6 Å². The largest absolute Gasteiger partial charge is 0.457 e. The molecular weight excluding hydrogens is 458 g/mol. The fourth-order valence-corrected chi connectivity index (χ4v) is 4.80. The van der Waals surface area contributed by atoms with Gasteiger partial charge in [0.1, 0.15) is 24.0 Å². The van der Waals surface area contributed by atoms with Crippen molar-refractivity contribution in [1.82, 2.24) is 9.78 Å². The van der Waals surface area contributed by atoms with Crippen LogP contribution in [0.25, 0.3) is 5.69 Å². The molecule has 2 heterocycles. The Balaban J connectivity index is 1.19. The standard InChI is InChI=1S/C31H29N5O/c1-23-21-35(33-31(23)25-11-5-3-6-12-25)27-15-9-17-29(19-27)37-30-18-10-16-28(20-30)36-22-34(24(2)32-36)26-13-7-4-8-14-26/h3-11,13-21,25H,12,22H2,1-2H3/t25-/m1/s1. The van der Waals surface area contributed by atoms with Gasteiger partial charge in [0.15, 0.2) is 0 Å². The molecule has 0 N–H and O–H groups in total. The van der Waals surface area contributed by atoms with Crippen molar-refractivity contribution in [3.8, 4) is 17.2 Å². The maximum absolute atomic E-state index is 6.28. The molecule has 1 atom stereocenters. The van der Waals surface area contributed by atoms with Gasteiger partial charge in [0.05, 0.1) is 17.1 Å². The summed E-state index contributed by atoms with van der Waals surface area (Å²) in [6, 6.07) is 26.4. The van der Waals surface area contributed by atoms with Gasteiger partial charge in [0.2, 0.25) is 0 Å². The third-order valence-corrected chi connectivity index (χ3v) is 6.70. The second-order valence-corrected chi connectivity index (χ2v) is 9.35. The number of rotatable bonds is 6. The predicted molar refractivity (Wildman–Crippen MR) is 150 cm³/mol. The number of benzene rings is 3. The molecule has 37 heavy (non-hydrogen) atoms. The van der Waals surface area contributed by atoms with Crippen LogP contribution in [0.2, 0.25) is 0 Å². The van der Waals surface area contributed by atoms with Crippen molar-refractivity contribution in [3.05, 3.63) is 121 Å². The lowest BCUT2D eigenvalue weighted by atomic mass is 9.95. The normalized spacial score (nSPS) is 16.8. The highest BCUT2D eigenvalue weighted by atomic mass is 16.5. The van der Waals surface area contributed by atoms with Crippen molar-refractivity contribution in [2.24, 2.45) is 5.10 Å². The molecule has 1 aliphatic heterocycles. The van der Waals surface area contributed by atoms with E-state index in [0.29, 0.717) is 12.6 Å². The van der Waals surface area contributed by atoms with E-state index in [-0.39, 0.29) is 0 Å². The minimum atomic E-state index is 0.322. The summed E-state index contributed by atoms with van der Waals surface area (Å²) >= 11 is 0. The number of anilines is 2. The lowest BCUT2D eigenvalue weighted by Crippen LogP contribution is -2.29. The predicted octanol–water partition coefficient (Wildman–Crippen LogP) is 7.19. The number of para-hydroxylation sites is 1. The van der Waals surface area contributed by atoms with Crippen LogP contribution >= 0.6 is 0 Å². The highest BCUT2D eigenvalue weighted by Gasteiger charge is 2.22. The van der Waals surface area contributed by atoms with Crippen LogP contribution in [0.3, 0.4) is 0 Å². The Bertz CT molecular complexity index is 1500. The quantitative estimate of drug-likeness (QED) is 0.289. The number of allylic oxidation sites excluding steroid dienone is 4. The van der Waals surface area contributed by atoms with Crippen LogP contribution in [0.4, 0.5) is 11.4 Å². The number of hydrazone groups is 1. The average Bonchev–Trinajstić information content (AvgIpc) is 3.53. The zero-order valence-corrected chi connectivity index (χ0v) is 21.0. The van der Waals surface area contributed by atoms with E-state index in [2.05, 4.69) is 66.6 Å². The summed E-state index contributed by atoms with van der Waals surface area (Å²) in [5.74, 6) is 2.80. The first-order chi connectivity index (χ1) is 18.1. The van der Waals surface area contributed by atoms with Crippen LogP contribution in [-0.4, -0.2) is 22.3 Å². The molecular formula is C31H29N5O. The Kier molecular flexibility index (Phi) is 6.06. The van der Waals surface area contributed by atoms with Crippen molar-refractivity contribution in [3.63, 3.8) is 0 Å². The molecule has 3 aromatic carbocycles. The summed E-state index contributed by atoms with van der Waals surface area (Å²) in [6.07, 6.45) is 11.7. The molecule has 6 heteroatoms. The molecule has 1 aliphatic carbocycles.